The van der Waals surface area contributed by atoms with E-state index < -0.39 is 23.7 Å². The van der Waals surface area contributed by atoms with Crippen LogP contribution in [0.2, 0.25) is 0 Å². The molecule has 1 heterocycles. The second-order valence-electron chi connectivity index (χ2n) is 5.39. The van der Waals surface area contributed by atoms with Crippen molar-refractivity contribution in [1.29, 1.82) is 0 Å². The smallest absolute Gasteiger partial charge is 0.326 e. The molecule has 0 fully saturated rings. The van der Waals surface area contributed by atoms with Crippen LogP contribution in [0.5, 0.6) is 0 Å². The molecule has 0 aliphatic rings. The van der Waals surface area contributed by atoms with Gasteiger partial charge in [0.05, 0.1) is 15.8 Å². The number of carbonyl (C=O) groups is 2. The predicted molar refractivity (Wildman–Crippen MR) is 92.9 cm³/mol. The van der Waals surface area contributed by atoms with E-state index in [0.717, 1.165) is 16.8 Å². The maximum atomic E-state index is 13.1. The van der Waals surface area contributed by atoms with Gasteiger partial charge in [-0.2, -0.15) is 4.99 Å². The Balaban J connectivity index is 2.20. The minimum atomic E-state index is -1.04. The van der Waals surface area contributed by atoms with E-state index >= 15 is 0 Å². The van der Waals surface area contributed by atoms with Gasteiger partial charge in [-0.3, -0.25) is 4.79 Å². The highest BCUT2D eigenvalue weighted by molar-refractivity contribution is 7.16. The van der Waals surface area contributed by atoms with E-state index in [4.69, 9.17) is 5.73 Å². The lowest BCUT2D eigenvalue weighted by atomic mass is 10.1. The van der Waals surface area contributed by atoms with Crippen molar-refractivity contribution in [3.63, 3.8) is 0 Å². The summed E-state index contributed by atoms with van der Waals surface area (Å²) in [4.78, 5) is 28.2. The molecule has 3 aromatic rings. The second kappa shape index (κ2) is 6.48. The summed E-state index contributed by atoms with van der Waals surface area (Å²) in [6, 6.07) is 9.70. The van der Waals surface area contributed by atoms with Gasteiger partial charge in [0.2, 0.25) is 0 Å². The Kier molecular flexibility index (Phi) is 4.37. The Morgan fingerprint density at radius 3 is 2.68 bits per heavy atom. The summed E-state index contributed by atoms with van der Waals surface area (Å²) in [5.41, 5.74) is 6.39. The molecule has 0 radical (unpaired) electrons. The lowest BCUT2D eigenvalue weighted by Gasteiger charge is -2.10. The first-order valence-electron chi connectivity index (χ1n) is 7.35. The van der Waals surface area contributed by atoms with Crippen LogP contribution in [0.3, 0.4) is 0 Å². The first-order valence-corrected chi connectivity index (χ1v) is 8.17. The molecule has 0 spiro atoms. The third-order valence-corrected chi connectivity index (χ3v) is 4.75. The first kappa shape index (κ1) is 16.8. The van der Waals surface area contributed by atoms with Crippen molar-refractivity contribution in [3.8, 4) is 0 Å². The van der Waals surface area contributed by atoms with E-state index in [0.29, 0.717) is 5.52 Å². The molecule has 3 rings (SSSR count). The molecule has 1 atom stereocenters. The Morgan fingerprint density at radius 1 is 1.28 bits per heavy atom. The number of carboxylic acids is 1. The fraction of sp³-hybridized carbons (Fsp3) is 0.118. The number of halogens is 1. The third-order valence-electron chi connectivity index (χ3n) is 3.72. The summed E-state index contributed by atoms with van der Waals surface area (Å²) in [5.74, 6) is -2.25. The molecule has 2 aromatic carbocycles. The van der Waals surface area contributed by atoms with Gasteiger partial charge in [-0.05, 0) is 37.3 Å². The maximum absolute atomic E-state index is 13.1. The van der Waals surface area contributed by atoms with Crippen LogP contribution in [-0.2, 0) is 4.79 Å². The van der Waals surface area contributed by atoms with E-state index in [1.807, 2.05) is 12.1 Å². The molecular weight excluding hydrogens is 345 g/mol. The van der Waals surface area contributed by atoms with Crippen LogP contribution in [-0.4, -0.2) is 21.6 Å². The van der Waals surface area contributed by atoms with Crippen LogP contribution in [0.25, 0.3) is 10.2 Å². The van der Waals surface area contributed by atoms with Crippen LogP contribution in [0, 0.1) is 5.82 Å². The molecule has 0 aliphatic carbocycles. The van der Waals surface area contributed by atoms with E-state index in [9.17, 15) is 19.1 Å². The largest absolute Gasteiger partial charge is 0.480 e. The van der Waals surface area contributed by atoms with Crippen LogP contribution in [0.1, 0.15) is 23.3 Å². The van der Waals surface area contributed by atoms with E-state index in [-0.39, 0.29) is 16.1 Å². The molecule has 25 heavy (non-hydrogen) atoms. The summed E-state index contributed by atoms with van der Waals surface area (Å²) in [6.07, 6.45) is 0. The summed E-state index contributed by atoms with van der Waals surface area (Å²) >= 11 is 1.20. The van der Waals surface area contributed by atoms with Crippen LogP contribution >= 0.6 is 11.3 Å². The van der Waals surface area contributed by atoms with Crippen molar-refractivity contribution in [3.05, 3.63) is 58.6 Å². The summed E-state index contributed by atoms with van der Waals surface area (Å²) in [7, 11) is 0. The second-order valence-corrected chi connectivity index (χ2v) is 6.39. The summed E-state index contributed by atoms with van der Waals surface area (Å²) < 4.78 is 15.4. The van der Waals surface area contributed by atoms with Gasteiger partial charge < -0.3 is 15.4 Å². The lowest BCUT2D eigenvalue weighted by Crippen LogP contribution is -2.25. The van der Waals surface area contributed by atoms with Crippen molar-refractivity contribution in [2.75, 3.05) is 5.73 Å². The number of anilines is 1. The number of amides is 1. The standard InChI is InChI=1S/C17H14FN3O3S/c1-9(16(23)24)21-13-4-2-3-5-14(13)25-17(21)20-15(22)11-7-6-10(18)8-12(11)19/h2-9H,19H2,1H3,(H,23,24). The van der Waals surface area contributed by atoms with Crippen LogP contribution in [0.4, 0.5) is 10.1 Å². The average Bonchev–Trinajstić information content (AvgIpc) is 2.91. The number of para-hydroxylation sites is 1. The van der Waals surface area contributed by atoms with E-state index in [1.54, 1.807) is 12.1 Å². The molecule has 128 valence electrons. The number of rotatable bonds is 3. The van der Waals surface area contributed by atoms with Crippen molar-refractivity contribution in [2.24, 2.45) is 4.99 Å². The fourth-order valence-corrected chi connectivity index (χ4v) is 3.53. The monoisotopic (exact) mass is 359 g/mol. The topological polar surface area (TPSA) is 97.7 Å². The molecule has 0 bridgehead atoms. The number of hydrogen-bond donors (Lipinski definition) is 2. The predicted octanol–water partition coefficient (Wildman–Crippen LogP) is 2.81. The van der Waals surface area contributed by atoms with E-state index in [1.165, 1.54) is 28.9 Å². The highest BCUT2D eigenvalue weighted by Crippen LogP contribution is 2.21. The van der Waals surface area contributed by atoms with Gasteiger partial charge in [0.15, 0.2) is 4.80 Å². The number of benzene rings is 2. The molecule has 8 heteroatoms. The third kappa shape index (κ3) is 3.16. The first-order chi connectivity index (χ1) is 11.9. The highest BCUT2D eigenvalue weighted by Gasteiger charge is 2.19. The SMILES string of the molecule is CC(C(=O)O)n1c(=NC(=O)c2ccc(F)cc2N)sc2ccccc21. The number of nitrogens with two attached hydrogens (primary N) is 1. The number of aliphatic carboxylic acids is 1. The number of hydrogen-bond acceptors (Lipinski definition) is 4. The molecule has 1 unspecified atom stereocenters. The van der Waals surface area contributed by atoms with E-state index in [2.05, 4.69) is 4.99 Å². The number of aromatic nitrogens is 1. The molecule has 1 amide bonds. The molecule has 1 aromatic heterocycles. The lowest BCUT2D eigenvalue weighted by molar-refractivity contribution is -0.140. The Morgan fingerprint density at radius 2 is 2.00 bits per heavy atom. The number of carboxylic acid groups (broad SMARTS) is 1. The molecule has 0 saturated carbocycles. The Bertz CT molecular complexity index is 1050. The number of nitrogens with zero attached hydrogens (tertiary/aromatic N) is 2. The zero-order chi connectivity index (χ0) is 18.1. The molecule has 0 aliphatic heterocycles. The number of carbonyl (C=O) groups excluding carboxylic acids is 1. The van der Waals surface area contributed by atoms with Gasteiger partial charge in [-0.15, -0.1) is 0 Å². The van der Waals surface area contributed by atoms with Gasteiger partial charge in [-0.25, -0.2) is 9.18 Å². The maximum Gasteiger partial charge on any atom is 0.326 e. The van der Waals surface area contributed by atoms with Crippen LogP contribution in [0.15, 0.2) is 47.5 Å². The van der Waals surface area contributed by atoms with Crippen molar-refractivity contribution in [1.82, 2.24) is 4.57 Å². The van der Waals surface area contributed by atoms with Gasteiger partial charge in [0.1, 0.15) is 11.9 Å². The van der Waals surface area contributed by atoms with Crippen molar-refractivity contribution in [2.45, 2.75) is 13.0 Å². The Hall–Kier alpha value is -3.00. The van der Waals surface area contributed by atoms with Crippen molar-refractivity contribution >= 4 is 39.1 Å². The van der Waals surface area contributed by atoms with Crippen LogP contribution < -0.4 is 10.5 Å². The van der Waals surface area contributed by atoms with Gasteiger partial charge in [0.25, 0.3) is 5.91 Å². The number of fused-ring (bicyclic) bond motifs is 1. The molecule has 3 N–H and O–H groups in total. The highest BCUT2D eigenvalue weighted by atomic mass is 32.1. The summed E-state index contributed by atoms with van der Waals surface area (Å²) in [6.45, 7) is 1.51. The summed E-state index contributed by atoms with van der Waals surface area (Å²) in [5, 5.41) is 9.36. The molecular formula is C17H14FN3O3S. The van der Waals surface area contributed by atoms with Crippen molar-refractivity contribution < 1.29 is 19.1 Å². The minimum Gasteiger partial charge on any atom is -0.480 e. The van der Waals surface area contributed by atoms with Gasteiger partial charge >= 0.3 is 5.97 Å². The normalized spacial score (nSPS) is 13.1. The van der Waals surface area contributed by atoms with Gasteiger partial charge in [0, 0.05) is 5.69 Å². The molecule has 6 nitrogen and oxygen atoms in total. The zero-order valence-electron chi connectivity index (χ0n) is 13.1. The Labute approximate surface area is 145 Å². The number of thiazole rings is 1. The number of nitrogen functional groups attached to an aromatic ring is 1. The quantitative estimate of drug-likeness (QED) is 0.703. The average molecular weight is 359 g/mol. The molecule has 0 saturated heterocycles. The van der Waals surface area contributed by atoms with Gasteiger partial charge in [-0.1, -0.05) is 23.5 Å². The zero-order valence-corrected chi connectivity index (χ0v) is 14.0. The minimum absolute atomic E-state index is 0.0207. The fourth-order valence-electron chi connectivity index (χ4n) is 2.43.